The molecule has 2 aliphatic carbocycles. The first-order valence-electron chi connectivity index (χ1n) is 6.45. The van der Waals surface area contributed by atoms with Crippen molar-refractivity contribution < 1.29 is 5.11 Å². The van der Waals surface area contributed by atoms with Gasteiger partial charge in [0.25, 0.3) is 0 Å². The summed E-state index contributed by atoms with van der Waals surface area (Å²) in [5, 5.41) is 10.2. The van der Waals surface area contributed by atoms with Gasteiger partial charge < -0.3 is 5.11 Å². The molecule has 0 amide bonds. The summed E-state index contributed by atoms with van der Waals surface area (Å²) in [5.41, 5.74) is 2.92. The van der Waals surface area contributed by atoms with Crippen LogP contribution in [0.15, 0.2) is 23.8 Å². The van der Waals surface area contributed by atoms with E-state index in [1.807, 2.05) is 0 Å². The average molecular weight is 220 g/mol. The highest BCUT2D eigenvalue weighted by Crippen LogP contribution is 2.52. The van der Waals surface area contributed by atoms with Crippen LogP contribution in [0.25, 0.3) is 0 Å². The number of fused-ring (bicyclic) bond motifs is 1. The second kappa shape index (κ2) is 4.03. The molecule has 0 aromatic heterocycles. The molecule has 4 atom stereocenters. The molecule has 1 N–H and O–H groups in total. The Morgan fingerprint density at radius 2 is 2.25 bits per heavy atom. The second-order valence-electron chi connectivity index (χ2n) is 6.08. The first-order valence-corrected chi connectivity index (χ1v) is 6.45. The van der Waals surface area contributed by atoms with Crippen molar-refractivity contribution in [3.63, 3.8) is 0 Å². The van der Waals surface area contributed by atoms with Gasteiger partial charge in [-0.25, -0.2) is 0 Å². The average Bonchev–Trinajstić information content (AvgIpc) is 2.24. The lowest BCUT2D eigenvalue weighted by Crippen LogP contribution is -2.46. The molecule has 0 spiro atoms. The molecule has 0 aliphatic heterocycles. The number of hydrogen-bond acceptors (Lipinski definition) is 1. The van der Waals surface area contributed by atoms with E-state index in [9.17, 15) is 5.11 Å². The van der Waals surface area contributed by atoms with Crippen LogP contribution < -0.4 is 0 Å². The lowest BCUT2D eigenvalue weighted by atomic mass is 9.56. The molecule has 1 fully saturated rings. The Kier molecular flexibility index (Phi) is 3.00. The van der Waals surface area contributed by atoms with Gasteiger partial charge in [-0.1, -0.05) is 30.7 Å². The highest BCUT2D eigenvalue weighted by Gasteiger charge is 2.46. The maximum atomic E-state index is 10.2. The van der Waals surface area contributed by atoms with Crippen LogP contribution in [0.5, 0.6) is 0 Å². The fourth-order valence-corrected chi connectivity index (χ4v) is 3.59. The second-order valence-corrected chi connectivity index (χ2v) is 6.08. The van der Waals surface area contributed by atoms with Gasteiger partial charge in [0.2, 0.25) is 0 Å². The molecule has 2 rings (SSSR count). The first-order chi connectivity index (χ1) is 7.45. The van der Waals surface area contributed by atoms with Crippen LogP contribution in [0.4, 0.5) is 0 Å². The standard InChI is InChI=1S/C15H24O/c1-10(2)12-7-8-15(4)13(9-12)11(3)5-6-14(15)16/h5,12-14,16H,1,6-9H2,2-4H3/t12-,13+,14-,15-/m0/s1. The van der Waals surface area contributed by atoms with Gasteiger partial charge in [0.15, 0.2) is 0 Å². The van der Waals surface area contributed by atoms with E-state index in [0.717, 1.165) is 12.8 Å². The highest BCUT2D eigenvalue weighted by atomic mass is 16.3. The van der Waals surface area contributed by atoms with Crippen molar-refractivity contribution in [1.82, 2.24) is 0 Å². The van der Waals surface area contributed by atoms with Crippen LogP contribution in [0.3, 0.4) is 0 Å². The lowest BCUT2D eigenvalue weighted by molar-refractivity contribution is -0.0356. The predicted molar refractivity (Wildman–Crippen MR) is 68.1 cm³/mol. The zero-order chi connectivity index (χ0) is 11.9. The van der Waals surface area contributed by atoms with Crippen molar-refractivity contribution >= 4 is 0 Å². The molecule has 0 aromatic rings. The number of hydrogen-bond donors (Lipinski definition) is 1. The largest absolute Gasteiger partial charge is 0.392 e. The molecule has 1 saturated carbocycles. The van der Waals surface area contributed by atoms with Crippen molar-refractivity contribution in [2.75, 3.05) is 0 Å². The summed E-state index contributed by atoms with van der Waals surface area (Å²) in [6.45, 7) is 10.7. The Hall–Kier alpha value is -0.560. The number of rotatable bonds is 1. The van der Waals surface area contributed by atoms with E-state index in [4.69, 9.17) is 0 Å². The van der Waals surface area contributed by atoms with Crippen LogP contribution in [-0.2, 0) is 0 Å². The Morgan fingerprint density at radius 1 is 1.56 bits per heavy atom. The summed E-state index contributed by atoms with van der Waals surface area (Å²) < 4.78 is 0. The molecular weight excluding hydrogens is 196 g/mol. The number of aliphatic hydroxyl groups excluding tert-OH is 1. The molecule has 1 heteroatoms. The van der Waals surface area contributed by atoms with Gasteiger partial charge in [-0.05, 0) is 51.4 Å². The van der Waals surface area contributed by atoms with Crippen molar-refractivity contribution in [3.8, 4) is 0 Å². The van der Waals surface area contributed by atoms with Crippen LogP contribution in [-0.4, -0.2) is 11.2 Å². The van der Waals surface area contributed by atoms with Gasteiger partial charge in [0, 0.05) is 5.41 Å². The lowest BCUT2D eigenvalue weighted by Gasteiger charge is -2.50. The molecule has 2 aliphatic rings. The van der Waals surface area contributed by atoms with E-state index in [2.05, 4.69) is 33.4 Å². The van der Waals surface area contributed by atoms with Crippen LogP contribution in [0, 0.1) is 17.3 Å². The first kappa shape index (κ1) is 11.9. The number of allylic oxidation sites excluding steroid dienone is 2. The van der Waals surface area contributed by atoms with Gasteiger partial charge in [-0.15, -0.1) is 0 Å². The molecule has 16 heavy (non-hydrogen) atoms. The minimum absolute atomic E-state index is 0.116. The van der Waals surface area contributed by atoms with Crippen molar-refractivity contribution in [1.29, 1.82) is 0 Å². The van der Waals surface area contributed by atoms with Gasteiger partial charge >= 0.3 is 0 Å². The molecule has 0 radical (unpaired) electrons. The molecule has 90 valence electrons. The molecule has 0 bridgehead atoms. The molecule has 1 nitrogen and oxygen atoms in total. The fraction of sp³-hybridized carbons (Fsp3) is 0.733. The van der Waals surface area contributed by atoms with Gasteiger partial charge in [-0.3, -0.25) is 0 Å². The third-order valence-electron chi connectivity index (χ3n) is 5.02. The topological polar surface area (TPSA) is 20.2 Å². The van der Waals surface area contributed by atoms with E-state index < -0.39 is 0 Å². The van der Waals surface area contributed by atoms with Crippen LogP contribution in [0.2, 0.25) is 0 Å². The minimum Gasteiger partial charge on any atom is -0.392 e. The van der Waals surface area contributed by atoms with E-state index in [0.29, 0.717) is 11.8 Å². The highest BCUT2D eigenvalue weighted by molar-refractivity contribution is 5.19. The van der Waals surface area contributed by atoms with Crippen LogP contribution in [0.1, 0.15) is 46.5 Å². The third kappa shape index (κ3) is 1.75. The fourth-order valence-electron chi connectivity index (χ4n) is 3.59. The molecule has 0 heterocycles. The zero-order valence-corrected chi connectivity index (χ0v) is 10.8. The normalized spacial score (nSPS) is 43.5. The van der Waals surface area contributed by atoms with Crippen molar-refractivity contribution in [2.24, 2.45) is 17.3 Å². The van der Waals surface area contributed by atoms with Crippen molar-refractivity contribution in [3.05, 3.63) is 23.8 Å². The van der Waals surface area contributed by atoms with E-state index >= 15 is 0 Å². The summed E-state index contributed by atoms with van der Waals surface area (Å²) in [5.74, 6) is 1.22. The third-order valence-corrected chi connectivity index (χ3v) is 5.02. The summed E-state index contributed by atoms with van der Waals surface area (Å²) in [7, 11) is 0. The summed E-state index contributed by atoms with van der Waals surface area (Å²) in [6.07, 6.45) is 6.46. The SMILES string of the molecule is C=C(C)[C@H]1CC[C@@]2(C)[C@H](C1)C(C)=CC[C@@H]2O. The minimum atomic E-state index is -0.146. The maximum Gasteiger partial charge on any atom is 0.0633 e. The monoisotopic (exact) mass is 220 g/mol. The van der Waals surface area contributed by atoms with Gasteiger partial charge in [0.1, 0.15) is 0 Å². The molecular formula is C15H24O. The predicted octanol–water partition coefficient (Wildman–Crippen LogP) is 3.70. The Labute approximate surface area is 99.3 Å². The molecule has 0 saturated heterocycles. The smallest absolute Gasteiger partial charge is 0.0633 e. The van der Waals surface area contributed by atoms with Gasteiger partial charge in [0.05, 0.1) is 6.10 Å². The Balaban J connectivity index is 2.25. The van der Waals surface area contributed by atoms with E-state index in [1.54, 1.807) is 0 Å². The quantitative estimate of drug-likeness (QED) is 0.668. The zero-order valence-electron chi connectivity index (χ0n) is 10.8. The Bertz CT molecular complexity index is 328. The van der Waals surface area contributed by atoms with Crippen molar-refractivity contribution in [2.45, 2.75) is 52.6 Å². The summed E-state index contributed by atoms with van der Waals surface area (Å²) in [6, 6.07) is 0. The van der Waals surface area contributed by atoms with E-state index in [1.165, 1.54) is 24.0 Å². The Morgan fingerprint density at radius 3 is 2.88 bits per heavy atom. The summed E-state index contributed by atoms with van der Waals surface area (Å²) in [4.78, 5) is 0. The maximum absolute atomic E-state index is 10.2. The van der Waals surface area contributed by atoms with Crippen LogP contribution >= 0.6 is 0 Å². The van der Waals surface area contributed by atoms with E-state index in [-0.39, 0.29) is 11.5 Å². The number of aliphatic hydroxyl groups is 1. The van der Waals surface area contributed by atoms with Gasteiger partial charge in [-0.2, -0.15) is 0 Å². The molecule has 0 aromatic carbocycles. The summed E-state index contributed by atoms with van der Waals surface area (Å²) >= 11 is 0. The molecule has 0 unspecified atom stereocenters.